The SMILES string of the molecule is CCOC(=O)c1c(C)[nH]c(C(=O)N2CCC[C@H](C(=O)NCCN3CCCC3)C2)c1C. The van der Waals surface area contributed by atoms with E-state index in [9.17, 15) is 14.4 Å². The number of hydrogen-bond donors (Lipinski definition) is 2. The number of likely N-dealkylation sites (tertiary alicyclic amines) is 2. The van der Waals surface area contributed by atoms with Crippen LogP contribution in [0.4, 0.5) is 0 Å². The van der Waals surface area contributed by atoms with Gasteiger partial charge in [0.25, 0.3) is 5.91 Å². The van der Waals surface area contributed by atoms with Crippen LogP contribution in [0.5, 0.6) is 0 Å². The normalized spacial score (nSPS) is 19.7. The Hall–Kier alpha value is -2.35. The van der Waals surface area contributed by atoms with Crippen molar-refractivity contribution < 1.29 is 19.1 Å². The third-order valence-electron chi connectivity index (χ3n) is 6.14. The van der Waals surface area contributed by atoms with Gasteiger partial charge in [-0.2, -0.15) is 0 Å². The summed E-state index contributed by atoms with van der Waals surface area (Å²) >= 11 is 0. The van der Waals surface area contributed by atoms with Crippen LogP contribution in [0.3, 0.4) is 0 Å². The standard InChI is InChI=1S/C22H34N4O4/c1-4-30-22(29)18-15(2)19(24-16(18)3)21(28)26-12-7-8-17(14-26)20(27)23-9-13-25-10-5-6-11-25/h17,24H,4-14H2,1-3H3,(H,23,27)/t17-/m0/s1. The third kappa shape index (κ3) is 5.03. The van der Waals surface area contributed by atoms with Gasteiger partial charge in [-0.05, 0) is 65.1 Å². The summed E-state index contributed by atoms with van der Waals surface area (Å²) in [4.78, 5) is 45.1. The zero-order valence-corrected chi connectivity index (χ0v) is 18.4. The lowest BCUT2D eigenvalue weighted by Gasteiger charge is -2.32. The number of nitrogens with one attached hydrogen (secondary N) is 2. The van der Waals surface area contributed by atoms with Crippen LogP contribution in [0.25, 0.3) is 0 Å². The van der Waals surface area contributed by atoms with Crippen LogP contribution in [-0.4, -0.2) is 78.4 Å². The maximum atomic E-state index is 13.1. The largest absolute Gasteiger partial charge is 0.462 e. The maximum Gasteiger partial charge on any atom is 0.340 e. The molecular weight excluding hydrogens is 384 g/mol. The van der Waals surface area contributed by atoms with Crippen molar-refractivity contribution in [1.29, 1.82) is 0 Å². The van der Waals surface area contributed by atoms with Crippen molar-refractivity contribution in [1.82, 2.24) is 20.1 Å². The molecule has 8 nitrogen and oxygen atoms in total. The second-order valence-electron chi connectivity index (χ2n) is 8.28. The number of ether oxygens (including phenoxy) is 1. The first-order valence-electron chi connectivity index (χ1n) is 11.1. The summed E-state index contributed by atoms with van der Waals surface area (Å²) in [5.41, 5.74) is 2.06. The molecule has 2 aliphatic heterocycles. The van der Waals surface area contributed by atoms with Crippen molar-refractivity contribution in [3.05, 3.63) is 22.5 Å². The predicted octanol–water partition coefficient (Wildman–Crippen LogP) is 1.87. The van der Waals surface area contributed by atoms with Gasteiger partial charge >= 0.3 is 5.97 Å². The molecule has 2 amide bonds. The van der Waals surface area contributed by atoms with Crippen molar-refractivity contribution in [2.45, 2.75) is 46.5 Å². The number of nitrogens with zero attached hydrogens (tertiary/aromatic N) is 2. The van der Waals surface area contributed by atoms with E-state index in [-0.39, 0.29) is 24.3 Å². The molecule has 0 unspecified atom stereocenters. The Bertz CT molecular complexity index is 782. The number of amides is 2. The fourth-order valence-electron chi connectivity index (χ4n) is 4.49. The molecule has 0 radical (unpaired) electrons. The van der Waals surface area contributed by atoms with E-state index >= 15 is 0 Å². The summed E-state index contributed by atoms with van der Waals surface area (Å²) < 4.78 is 5.11. The molecule has 2 N–H and O–H groups in total. The summed E-state index contributed by atoms with van der Waals surface area (Å²) in [6.07, 6.45) is 4.06. The number of H-pyrrole nitrogens is 1. The van der Waals surface area contributed by atoms with E-state index in [0.29, 0.717) is 42.1 Å². The van der Waals surface area contributed by atoms with E-state index in [1.807, 2.05) is 0 Å². The number of carbonyl (C=O) groups is 3. The highest BCUT2D eigenvalue weighted by Crippen LogP contribution is 2.23. The summed E-state index contributed by atoms with van der Waals surface area (Å²) in [5.74, 6) is -0.752. The van der Waals surface area contributed by atoms with Gasteiger partial charge in [-0.1, -0.05) is 0 Å². The number of carbonyl (C=O) groups excluding carboxylic acids is 3. The van der Waals surface area contributed by atoms with Gasteiger partial charge in [0.1, 0.15) is 5.69 Å². The minimum Gasteiger partial charge on any atom is -0.462 e. The third-order valence-corrected chi connectivity index (χ3v) is 6.14. The molecule has 0 aliphatic carbocycles. The number of piperidine rings is 1. The molecule has 3 heterocycles. The van der Waals surface area contributed by atoms with Gasteiger partial charge in [-0.25, -0.2) is 4.79 Å². The molecule has 2 aliphatic rings. The highest BCUT2D eigenvalue weighted by atomic mass is 16.5. The molecule has 3 rings (SSSR count). The average molecular weight is 419 g/mol. The van der Waals surface area contributed by atoms with Gasteiger partial charge in [0.2, 0.25) is 5.91 Å². The quantitative estimate of drug-likeness (QED) is 0.659. The van der Waals surface area contributed by atoms with Gasteiger partial charge in [-0.15, -0.1) is 0 Å². The molecule has 0 aromatic carbocycles. The minimum atomic E-state index is -0.420. The lowest BCUT2D eigenvalue weighted by molar-refractivity contribution is -0.126. The number of hydrogen-bond acceptors (Lipinski definition) is 5. The molecule has 8 heteroatoms. The highest BCUT2D eigenvalue weighted by Gasteiger charge is 2.31. The van der Waals surface area contributed by atoms with Gasteiger partial charge in [0.15, 0.2) is 0 Å². The van der Waals surface area contributed by atoms with E-state index < -0.39 is 5.97 Å². The Balaban J connectivity index is 1.59. The number of esters is 1. The van der Waals surface area contributed by atoms with E-state index in [2.05, 4.69) is 15.2 Å². The summed E-state index contributed by atoms with van der Waals surface area (Å²) in [6, 6.07) is 0. The van der Waals surface area contributed by atoms with Crippen molar-refractivity contribution in [2.75, 3.05) is 45.9 Å². The summed E-state index contributed by atoms with van der Waals surface area (Å²) in [7, 11) is 0. The molecule has 1 atom stereocenters. The number of rotatable bonds is 7. The Morgan fingerprint density at radius 1 is 1.13 bits per heavy atom. The summed E-state index contributed by atoms with van der Waals surface area (Å²) in [6.45, 7) is 10.4. The number of aryl methyl sites for hydroxylation is 1. The molecule has 2 fully saturated rings. The van der Waals surface area contributed by atoms with Crippen LogP contribution < -0.4 is 5.32 Å². The average Bonchev–Trinajstić information content (AvgIpc) is 3.35. The molecule has 1 aromatic rings. The van der Waals surface area contributed by atoms with E-state index in [0.717, 1.165) is 32.5 Å². The second-order valence-corrected chi connectivity index (χ2v) is 8.28. The Kier molecular flexibility index (Phi) is 7.53. The molecular formula is C22H34N4O4. The first-order valence-corrected chi connectivity index (χ1v) is 11.1. The lowest BCUT2D eigenvalue weighted by Crippen LogP contribution is -2.46. The molecule has 166 valence electrons. The highest BCUT2D eigenvalue weighted by molar-refractivity contribution is 6.00. The van der Waals surface area contributed by atoms with Gasteiger partial charge in [-0.3, -0.25) is 9.59 Å². The molecule has 2 saturated heterocycles. The van der Waals surface area contributed by atoms with Gasteiger partial charge < -0.3 is 24.8 Å². The first kappa shape index (κ1) is 22.3. The zero-order chi connectivity index (χ0) is 21.7. The fraction of sp³-hybridized carbons (Fsp3) is 0.682. The van der Waals surface area contributed by atoms with Gasteiger partial charge in [0, 0.05) is 31.9 Å². The molecule has 0 saturated carbocycles. The van der Waals surface area contributed by atoms with Crippen molar-refractivity contribution in [2.24, 2.45) is 5.92 Å². The second kappa shape index (κ2) is 10.1. The Morgan fingerprint density at radius 2 is 1.87 bits per heavy atom. The van der Waals surface area contributed by atoms with Gasteiger partial charge in [0.05, 0.1) is 18.1 Å². The van der Waals surface area contributed by atoms with Crippen LogP contribution in [0.2, 0.25) is 0 Å². The van der Waals surface area contributed by atoms with Crippen molar-refractivity contribution in [3.8, 4) is 0 Å². The lowest BCUT2D eigenvalue weighted by atomic mass is 9.96. The number of aromatic amines is 1. The molecule has 30 heavy (non-hydrogen) atoms. The van der Waals surface area contributed by atoms with Crippen molar-refractivity contribution in [3.63, 3.8) is 0 Å². The zero-order valence-electron chi connectivity index (χ0n) is 18.4. The minimum absolute atomic E-state index is 0.0262. The van der Waals surface area contributed by atoms with Crippen LogP contribution in [0.1, 0.15) is 64.7 Å². The van der Waals surface area contributed by atoms with Crippen molar-refractivity contribution >= 4 is 17.8 Å². The van der Waals surface area contributed by atoms with Crippen LogP contribution in [-0.2, 0) is 9.53 Å². The topological polar surface area (TPSA) is 94.7 Å². The summed E-state index contributed by atoms with van der Waals surface area (Å²) in [5, 5.41) is 3.04. The smallest absolute Gasteiger partial charge is 0.340 e. The monoisotopic (exact) mass is 418 g/mol. The maximum absolute atomic E-state index is 13.1. The van der Waals surface area contributed by atoms with E-state index in [1.165, 1.54) is 12.8 Å². The van der Waals surface area contributed by atoms with E-state index in [4.69, 9.17) is 4.74 Å². The fourth-order valence-corrected chi connectivity index (χ4v) is 4.49. The number of aromatic nitrogens is 1. The Labute approximate surface area is 178 Å². The van der Waals surface area contributed by atoms with E-state index in [1.54, 1.807) is 25.7 Å². The Morgan fingerprint density at radius 3 is 2.57 bits per heavy atom. The molecule has 1 aromatic heterocycles. The molecule has 0 bridgehead atoms. The van der Waals surface area contributed by atoms with Crippen LogP contribution in [0.15, 0.2) is 0 Å². The van der Waals surface area contributed by atoms with Crippen LogP contribution in [0, 0.1) is 19.8 Å². The first-order chi connectivity index (χ1) is 14.4. The predicted molar refractivity (Wildman–Crippen MR) is 114 cm³/mol. The van der Waals surface area contributed by atoms with Crippen LogP contribution >= 0.6 is 0 Å². The molecule has 0 spiro atoms.